The summed E-state index contributed by atoms with van der Waals surface area (Å²) in [6.07, 6.45) is 1.60. The molecule has 0 aliphatic carbocycles. The van der Waals surface area contributed by atoms with Gasteiger partial charge >= 0.3 is 0 Å². The van der Waals surface area contributed by atoms with Crippen LogP contribution in [-0.2, 0) is 4.79 Å². The van der Waals surface area contributed by atoms with Crippen molar-refractivity contribution in [3.05, 3.63) is 20.9 Å². The van der Waals surface area contributed by atoms with E-state index in [9.17, 15) is 4.79 Å². The predicted molar refractivity (Wildman–Crippen MR) is 69.1 cm³/mol. The van der Waals surface area contributed by atoms with Crippen molar-refractivity contribution in [1.82, 2.24) is 10.3 Å². The summed E-state index contributed by atoms with van der Waals surface area (Å²) in [6.45, 7) is 2.71. The Kier molecular flexibility index (Phi) is 5.10. The second-order valence-electron chi connectivity index (χ2n) is 2.89. The molecule has 1 heterocycles. The molecule has 0 unspecified atom stereocenters. The number of rotatable bonds is 4. The van der Waals surface area contributed by atoms with Crippen LogP contribution in [0.25, 0.3) is 0 Å². The van der Waals surface area contributed by atoms with Crippen molar-refractivity contribution < 1.29 is 4.79 Å². The lowest BCUT2D eigenvalue weighted by Crippen LogP contribution is -2.26. The van der Waals surface area contributed by atoms with Crippen molar-refractivity contribution >= 4 is 45.9 Å². The van der Waals surface area contributed by atoms with Crippen LogP contribution in [0.1, 0.15) is 6.92 Å². The van der Waals surface area contributed by atoms with Crippen molar-refractivity contribution in [2.24, 2.45) is 0 Å². The molecule has 0 saturated carbocycles. The first-order valence-corrected chi connectivity index (χ1v) is 5.84. The molecule has 2 N–H and O–H groups in total. The van der Waals surface area contributed by atoms with Crippen molar-refractivity contribution in [2.75, 3.05) is 18.4 Å². The molecular formula is C9H11ClIN3O. The molecule has 6 heteroatoms. The zero-order valence-electron chi connectivity index (χ0n) is 8.18. The van der Waals surface area contributed by atoms with Gasteiger partial charge in [-0.2, -0.15) is 0 Å². The zero-order valence-corrected chi connectivity index (χ0v) is 11.1. The topological polar surface area (TPSA) is 54.0 Å². The second-order valence-corrected chi connectivity index (χ2v) is 4.46. The summed E-state index contributed by atoms with van der Waals surface area (Å²) in [5.74, 6) is 0.726. The van der Waals surface area contributed by atoms with Crippen molar-refractivity contribution in [3.8, 4) is 0 Å². The molecule has 82 valence electrons. The van der Waals surface area contributed by atoms with E-state index in [0.29, 0.717) is 18.1 Å². The van der Waals surface area contributed by atoms with Crippen LogP contribution < -0.4 is 10.6 Å². The molecule has 1 aromatic heterocycles. The number of amides is 1. The Hall–Kier alpha value is -0.560. The highest BCUT2D eigenvalue weighted by Crippen LogP contribution is 2.19. The van der Waals surface area contributed by atoms with Gasteiger partial charge in [-0.05, 0) is 28.7 Å². The van der Waals surface area contributed by atoms with Crippen molar-refractivity contribution in [1.29, 1.82) is 0 Å². The summed E-state index contributed by atoms with van der Waals surface area (Å²) in [5.41, 5.74) is 0. The van der Waals surface area contributed by atoms with Gasteiger partial charge in [-0.15, -0.1) is 0 Å². The number of nitrogens with one attached hydrogen (secondary N) is 2. The Bertz CT molecular complexity index is 359. The van der Waals surface area contributed by atoms with E-state index in [0.717, 1.165) is 9.39 Å². The minimum atomic E-state index is -0.0320. The number of hydrogen-bond donors (Lipinski definition) is 2. The van der Waals surface area contributed by atoms with Gasteiger partial charge in [-0.1, -0.05) is 11.6 Å². The lowest BCUT2D eigenvalue weighted by atomic mass is 10.4. The number of aromatic nitrogens is 1. The van der Waals surface area contributed by atoms with Gasteiger partial charge in [0.2, 0.25) is 5.91 Å². The number of anilines is 1. The van der Waals surface area contributed by atoms with Crippen LogP contribution in [0.4, 0.5) is 5.82 Å². The third-order valence-electron chi connectivity index (χ3n) is 1.61. The number of pyridine rings is 1. The van der Waals surface area contributed by atoms with E-state index >= 15 is 0 Å². The van der Waals surface area contributed by atoms with Gasteiger partial charge in [0.05, 0.1) is 5.02 Å². The van der Waals surface area contributed by atoms with Crippen LogP contribution in [0.2, 0.25) is 5.02 Å². The molecular weight excluding hydrogens is 328 g/mol. The predicted octanol–water partition coefficient (Wildman–Crippen LogP) is 1.89. The van der Waals surface area contributed by atoms with E-state index in [1.165, 1.54) is 6.92 Å². The molecule has 1 rings (SSSR count). The van der Waals surface area contributed by atoms with Crippen LogP contribution in [0, 0.1) is 3.57 Å². The largest absolute Gasteiger partial charge is 0.368 e. The highest BCUT2D eigenvalue weighted by molar-refractivity contribution is 14.1. The quantitative estimate of drug-likeness (QED) is 0.651. The molecule has 0 aliphatic heterocycles. The minimum Gasteiger partial charge on any atom is -0.368 e. The normalized spacial score (nSPS) is 9.80. The number of nitrogens with zero attached hydrogens (tertiary/aromatic N) is 1. The maximum Gasteiger partial charge on any atom is 0.216 e. The first-order chi connectivity index (χ1) is 7.09. The van der Waals surface area contributed by atoms with Gasteiger partial charge in [-0.3, -0.25) is 4.79 Å². The molecule has 0 fully saturated rings. The Labute approximate surface area is 107 Å². The summed E-state index contributed by atoms with van der Waals surface area (Å²) in [6, 6.07) is 1.86. The third-order valence-corrected chi connectivity index (χ3v) is 3.13. The van der Waals surface area contributed by atoms with Gasteiger partial charge in [0.15, 0.2) is 0 Å². The molecule has 1 aromatic rings. The first-order valence-electron chi connectivity index (χ1n) is 4.39. The number of carbonyl (C=O) groups is 1. The van der Waals surface area contributed by atoms with Gasteiger partial charge in [0.1, 0.15) is 5.82 Å². The molecule has 15 heavy (non-hydrogen) atoms. The van der Waals surface area contributed by atoms with E-state index in [1.54, 1.807) is 6.20 Å². The fourth-order valence-electron chi connectivity index (χ4n) is 0.940. The third kappa shape index (κ3) is 4.65. The first kappa shape index (κ1) is 12.5. The van der Waals surface area contributed by atoms with E-state index in [4.69, 9.17) is 11.6 Å². The lowest BCUT2D eigenvalue weighted by molar-refractivity contribution is -0.118. The molecule has 0 radical (unpaired) electrons. The zero-order chi connectivity index (χ0) is 11.3. The molecule has 0 aliphatic rings. The van der Waals surface area contributed by atoms with Crippen molar-refractivity contribution in [2.45, 2.75) is 6.92 Å². The summed E-state index contributed by atoms with van der Waals surface area (Å²) >= 11 is 7.97. The minimum absolute atomic E-state index is 0.0320. The molecule has 1 amide bonds. The highest BCUT2D eigenvalue weighted by atomic mass is 127. The van der Waals surface area contributed by atoms with Crippen LogP contribution in [0.15, 0.2) is 12.3 Å². The van der Waals surface area contributed by atoms with E-state index in [1.807, 2.05) is 6.07 Å². The average molecular weight is 340 g/mol. The Morgan fingerprint density at radius 3 is 2.93 bits per heavy atom. The summed E-state index contributed by atoms with van der Waals surface area (Å²) in [5, 5.41) is 6.41. The highest BCUT2D eigenvalue weighted by Gasteiger charge is 1.99. The van der Waals surface area contributed by atoms with Crippen LogP contribution in [-0.4, -0.2) is 24.0 Å². The molecule has 0 bridgehead atoms. The fourth-order valence-corrected chi connectivity index (χ4v) is 1.48. The van der Waals surface area contributed by atoms with Gasteiger partial charge < -0.3 is 10.6 Å². The van der Waals surface area contributed by atoms with Crippen LogP contribution in [0.3, 0.4) is 0 Å². The van der Waals surface area contributed by atoms with Crippen LogP contribution in [0.5, 0.6) is 0 Å². The monoisotopic (exact) mass is 339 g/mol. The summed E-state index contributed by atoms with van der Waals surface area (Å²) < 4.78 is 0.950. The lowest BCUT2D eigenvalue weighted by Gasteiger charge is -2.06. The Morgan fingerprint density at radius 1 is 1.60 bits per heavy atom. The number of carbonyl (C=O) groups excluding carboxylic acids is 1. The fraction of sp³-hybridized carbons (Fsp3) is 0.333. The molecule has 0 saturated heterocycles. The standard InChI is InChI=1S/C9H11ClIN3O/c1-6(15)12-2-3-13-9-4-8(11)7(10)5-14-9/h4-5H,2-3H2,1H3,(H,12,15)(H,13,14). The number of halogens is 2. The molecule has 0 atom stereocenters. The van der Waals surface area contributed by atoms with Crippen molar-refractivity contribution in [3.63, 3.8) is 0 Å². The molecule has 0 aromatic carbocycles. The van der Waals surface area contributed by atoms with E-state index in [2.05, 4.69) is 38.2 Å². The van der Waals surface area contributed by atoms with Crippen LogP contribution >= 0.6 is 34.2 Å². The van der Waals surface area contributed by atoms with Gasteiger partial charge in [0, 0.05) is 29.8 Å². The maximum atomic E-state index is 10.6. The SMILES string of the molecule is CC(=O)NCCNc1cc(I)c(Cl)cn1. The molecule has 4 nitrogen and oxygen atoms in total. The van der Waals surface area contributed by atoms with Gasteiger partial charge in [0.25, 0.3) is 0 Å². The number of hydrogen-bond acceptors (Lipinski definition) is 3. The molecule has 0 spiro atoms. The van der Waals surface area contributed by atoms with E-state index in [-0.39, 0.29) is 5.91 Å². The smallest absolute Gasteiger partial charge is 0.216 e. The van der Waals surface area contributed by atoms with Gasteiger partial charge in [-0.25, -0.2) is 4.98 Å². The Morgan fingerprint density at radius 2 is 2.33 bits per heavy atom. The summed E-state index contributed by atoms with van der Waals surface area (Å²) in [7, 11) is 0. The Balaban J connectivity index is 2.38. The second kappa shape index (κ2) is 6.12. The average Bonchev–Trinajstić information content (AvgIpc) is 2.18. The maximum absolute atomic E-state index is 10.6. The summed E-state index contributed by atoms with van der Waals surface area (Å²) in [4.78, 5) is 14.7. The van der Waals surface area contributed by atoms with E-state index < -0.39 is 0 Å².